The van der Waals surface area contributed by atoms with Gasteiger partial charge in [-0.1, -0.05) is 12.1 Å². The molecular weight excluding hydrogens is 334 g/mol. The van der Waals surface area contributed by atoms with Gasteiger partial charge in [0.05, 0.1) is 25.0 Å². The fraction of sp³-hybridized carbons (Fsp3) is 0.350. The molecule has 0 heterocycles. The molecule has 0 spiro atoms. The molecule has 0 aliphatic carbocycles. The van der Waals surface area contributed by atoms with E-state index in [2.05, 4.69) is 5.32 Å². The van der Waals surface area contributed by atoms with Crippen LogP contribution in [0.15, 0.2) is 53.4 Å². The zero-order valence-corrected chi connectivity index (χ0v) is 15.9. The molecule has 5 heteroatoms. The molecule has 1 amide bonds. The number of hydrogen-bond donors (Lipinski definition) is 1. The van der Waals surface area contributed by atoms with E-state index in [9.17, 15) is 4.79 Å². The molecule has 0 radical (unpaired) electrons. The Hall–Kier alpha value is -2.14. The summed E-state index contributed by atoms with van der Waals surface area (Å²) >= 11 is 1.53. The van der Waals surface area contributed by atoms with E-state index in [1.807, 2.05) is 69.3 Å². The summed E-state index contributed by atoms with van der Waals surface area (Å²) in [7, 11) is 1.64. The number of benzene rings is 2. The third-order valence-electron chi connectivity index (χ3n) is 3.79. The van der Waals surface area contributed by atoms with Gasteiger partial charge in [0, 0.05) is 4.90 Å². The first-order chi connectivity index (χ1) is 12.0. The first-order valence-corrected chi connectivity index (χ1v) is 9.25. The van der Waals surface area contributed by atoms with Gasteiger partial charge < -0.3 is 14.8 Å². The first-order valence-electron chi connectivity index (χ1n) is 8.37. The second-order valence-electron chi connectivity index (χ2n) is 5.67. The number of carbonyl (C=O) groups excluding carboxylic acids is 1. The number of ether oxygens (including phenoxy) is 2. The van der Waals surface area contributed by atoms with Crippen LogP contribution < -0.4 is 14.8 Å². The summed E-state index contributed by atoms with van der Waals surface area (Å²) in [6.45, 7) is 6.50. The van der Waals surface area contributed by atoms with E-state index in [-0.39, 0.29) is 17.2 Å². The second-order valence-corrected chi connectivity index (χ2v) is 7.08. The molecular formula is C20H25NO3S. The van der Waals surface area contributed by atoms with Crippen molar-refractivity contribution < 1.29 is 14.3 Å². The molecule has 2 aromatic carbocycles. The third kappa shape index (κ3) is 5.71. The Bertz CT molecular complexity index is 670. The average molecular weight is 359 g/mol. The summed E-state index contributed by atoms with van der Waals surface area (Å²) in [5.74, 6) is 1.67. The zero-order chi connectivity index (χ0) is 18.2. The van der Waals surface area contributed by atoms with Crippen molar-refractivity contribution in [3.8, 4) is 11.5 Å². The lowest BCUT2D eigenvalue weighted by Crippen LogP contribution is -2.33. The van der Waals surface area contributed by atoms with Crippen LogP contribution in [0.5, 0.6) is 11.5 Å². The van der Waals surface area contributed by atoms with Crippen LogP contribution in [0, 0.1) is 0 Å². The minimum Gasteiger partial charge on any atom is -0.497 e. The van der Waals surface area contributed by atoms with E-state index in [0.29, 0.717) is 6.61 Å². The maximum absolute atomic E-state index is 12.4. The van der Waals surface area contributed by atoms with Gasteiger partial charge in [0.1, 0.15) is 11.5 Å². The van der Waals surface area contributed by atoms with Crippen molar-refractivity contribution in [3.05, 3.63) is 54.1 Å². The van der Waals surface area contributed by atoms with Crippen LogP contribution in [0.1, 0.15) is 32.4 Å². The first kappa shape index (κ1) is 19.2. The molecule has 4 nitrogen and oxygen atoms in total. The van der Waals surface area contributed by atoms with Crippen molar-refractivity contribution in [2.45, 2.75) is 37.0 Å². The van der Waals surface area contributed by atoms with Crippen molar-refractivity contribution in [1.82, 2.24) is 5.32 Å². The van der Waals surface area contributed by atoms with Crippen LogP contribution in [-0.4, -0.2) is 24.9 Å². The van der Waals surface area contributed by atoms with E-state index >= 15 is 0 Å². The summed E-state index contributed by atoms with van der Waals surface area (Å²) in [6.07, 6.45) is 0. The van der Waals surface area contributed by atoms with Crippen molar-refractivity contribution >= 4 is 17.7 Å². The molecule has 0 bridgehead atoms. The highest BCUT2D eigenvalue weighted by Gasteiger charge is 2.17. The summed E-state index contributed by atoms with van der Waals surface area (Å²) in [4.78, 5) is 13.5. The van der Waals surface area contributed by atoms with Gasteiger partial charge in [-0.3, -0.25) is 4.79 Å². The maximum Gasteiger partial charge on any atom is 0.233 e. The highest BCUT2D eigenvalue weighted by atomic mass is 32.2. The topological polar surface area (TPSA) is 47.6 Å². The Kier molecular flexibility index (Phi) is 7.19. The Labute approximate surface area is 153 Å². The second kappa shape index (κ2) is 9.37. The lowest BCUT2D eigenvalue weighted by Gasteiger charge is -2.18. The Morgan fingerprint density at radius 2 is 1.64 bits per heavy atom. The summed E-state index contributed by atoms with van der Waals surface area (Å²) in [5.41, 5.74) is 1.05. The smallest absolute Gasteiger partial charge is 0.233 e. The number of thioether (sulfide) groups is 1. The van der Waals surface area contributed by atoms with Gasteiger partial charge in [-0.2, -0.15) is 0 Å². The van der Waals surface area contributed by atoms with E-state index in [1.165, 1.54) is 11.8 Å². The van der Waals surface area contributed by atoms with E-state index < -0.39 is 0 Å². The molecule has 0 aromatic heterocycles. The molecule has 0 unspecified atom stereocenters. The highest BCUT2D eigenvalue weighted by Crippen LogP contribution is 2.26. The van der Waals surface area contributed by atoms with Crippen molar-refractivity contribution in [1.29, 1.82) is 0 Å². The number of nitrogens with one attached hydrogen (secondary N) is 1. The SMILES string of the molecule is CCOc1ccc([C@H](C)NC(=O)[C@@H](C)Sc2ccc(OC)cc2)cc1. The van der Waals surface area contributed by atoms with E-state index in [1.54, 1.807) is 7.11 Å². The molecule has 0 saturated heterocycles. The van der Waals surface area contributed by atoms with Gasteiger partial charge in [-0.25, -0.2) is 0 Å². The number of amides is 1. The molecule has 2 rings (SSSR count). The van der Waals surface area contributed by atoms with Crippen LogP contribution in [0.2, 0.25) is 0 Å². The molecule has 2 aromatic rings. The van der Waals surface area contributed by atoms with E-state index in [4.69, 9.17) is 9.47 Å². The highest BCUT2D eigenvalue weighted by molar-refractivity contribution is 8.00. The van der Waals surface area contributed by atoms with Gasteiger partial charge in [0.25, 0.3) is 0 Å². The lowest BCUT2D eigenvalue weighted by atomic mass is 10.1. The number of hydrogen-bond acceptors (Lipinski definition) is 4. The summed E-state index contributed by atoms with van der Waals surface area (Å²) < 4.78 is 10.6. The molecule has 1 N–H and O–H groups in total. The van der Waals surface area contributed by atoms with Crippen molar-refractivity contribution in [2.24, 2.45) is 0 Å². The number of rotatable bonds is 8. The third-order valence-corrected chi connectivity index (χ3v) is 4.90. The largest absolute Gasteiger partial charge is 0.497 e. The predicted molar refractivity (Wildman–Crippen MR) is 102 cm³/mol. The fourth-order valence-electron chi connectivity index (χ4n) is 2.35. The molecule has 0 aliphatic rings. The van der Waals surface area contributed by atoms with Crippen molar-refractivity contribution in [2.75, 3.05) is 13.7 Å². The molecule has 25 heavy (non-hydrogen) atoms. The summed E-state index contributed by atoms with van der Waals surface area (Å²) in [6, 6.07) is 15.5. The minimum atomic E-state index is -0.182. The van der Waals surface area contributed by atoms with Crippen LogP contribution in [0.4, 0.5) is 0 Å². The molecule has 2 atom stereocenters. The Balaban J connectivity index is 1.90. The average Bonchev–Trinajstić information content (AvgIpc) is 2.63. The minimum absolute atomic E-state index is 0.0159. The van der Waals surface area contributed by atoms with E-state index in [0.717, 1.165) is 22.0 Å². The van der Waals surface area contributed by atoms with Gasteiger partial charge in [0.15, 0.2) is 0 Å². The monoisotopic (exact) mass is 359 g/mol. The molecule has 0 fully saturated rings. The summed E-state index contributed by atoms with van der Waals surface area (Å²) in [5, 5.41) is 2.88. The quantitative estimate of drug-likeness (QED) is 0.707. The molecule has 0 aliphatic heterocycles. The Morgan fingerprint density at radius 1 is 1.04 bits per heavy atom. The fourth-order valence-corrected chi connectivity index (χ4v) is 3.22. The van der Waals surface area contributed by atoms with Crippen LogP contribution in [0.3, 0.4) is 0 Å². The van der Waals surface area contributed by atoms with Gasteiger partial charge >= 0.3 is 0 Å². The van der Waals surface area contributed by atoms with Crippen LogP contribution in [0.25, 0.3) is 0 Å². The van der Waals surface area contributed by atoms with Gasteiger partial charge in [0.2, 0.25) is 5.91 Å². The number of carbonyl (C=O) groups is 1. The van der Waals surface area contributed by atoms with Crippen LogP contribution in [-0.2, 0) is 4.79 Å². The zero-order valence-electron chi connectivity index (χ0n) is 15.1. The molecule has 134 valence electrons. The Morgan fingerprint density at radius 3 is 2.20 bits per heavy atom. The predicted octanol–water partition coefficient (Wildman–Crippen LogP) is 4.45. The van der Waals surface area contributed by atoms with Gasteiger partial charge in [-0.15, -0.1) is 11.8 Å². The normalized spacial score (nSPS) is 13.0. The maximum atomic E-state index is 12.4. The van der Waals surface area contributed by atoms with Crippen LogP contribution >= 0.6 is 11.8 Å². The van der Waals surface area contributed by atoms with Crippen molar-refractivity contribution in [3.63, 3.8) is 0 Å². The van der Waals surface area contributed by atoms with Gasteiger partial charge in [-0.05, 0) is 62.7 Å². The standard InChI is InChI=1S/C20H25NO3S/c1-5-24-18-8-6-16(7-9-18)14(2)21-20(22)15(3)25-19-12-10-17(23-4)11-13-19/h6-15H,5H2,1-4H3,(H,21,22)/t14-,15+/m0/s1. The lowest BCUT2D eigenvalue weighted by molar-refractivity contribution is -0.120. The molecule has 0 saturated carbocycles. The number of methoxy groups -OCH3 is 1.